The molecule has 0 rings (SSSR count). The van der Waals surface area contributed by atoms with Gasteiger partial charge in [0, 0.05) is 11.6 Å². The zero-order valence-corrected chi connectivity index (χ0v) is 8.80. The molecule has 0 saturated carbocycles. The molecule has 0 amide bonds. The summed E-state index contributed by atoms with van der Waals surface area (Å²) in [5, 5.41) is 8.65. The van der Waals surface area contributed by atoms with E-state index in [1.54, 1.807) is 0 Å². The number of ether oxygens (including phenoxy) is 1. The summed E-state index contributed by atoms with van der Waals surface area (Å²) >= 11 is 23.5. The molecule has 0 N–H and O–H groups in total. The highest BCUT2D eigenvalue weighted by Gasteiger charge is 2.23. The van der Waals surface area contributed by atoms with Crippen LogP contribution in [-0.2, 0) is 4.74 Å². The van der Waals surface area contributed by atoms with Gasteiger partial charge in [-0.2, -0.15) is 0 Å². The molecule has 0 aliphatic carbocycles. The number of halogens is 5. The predicted molar refractivity (Wildman–Crippen MR) is 43.9 cm³/mol. The fourth-order valence-electron chi connectivity index (χ4n) is 0.0910. The lowest BCUT2D eigenvalue weighted by atomic mass is 11.4. The first-order chi connectivity index (χ1) is 5.15. The highest BCUT2D eigenvalue weighted by atomic mass is 35.6. The summed E-state index contributed by atoms with van der Waals surface area (Å²) in [6.45, 7) is 0. The zero-order chi connectivity index (χ0) is 10.4. The van der Waals surface area contributed by atoms with E-state index >= 15 is 0 Å². The van der Waals surface area contributed by atoms with Gasteiger partial charge in [0.25, 0.3) is 0 Å². The average molecular weight is 277 g/mol. The molecule has 72 valence electrons. The van der Waals surface area contributed by atoms with Crippen LogP contribution in [0.3, 0.4) is 0 Å². The Kier molecular flexibility index (Phi) is 8.51. The van der Waals surface area contributed by atoms with E-state index in [0.717, 1.165) is 0 Å². The second-order valence-corrected chi connectivity index (χ2v) is 3.82. The van der Waals surface area contributed by atoms with Gasteiger partial charge < -0.3 is 14.6 Å². The summed E-state index contributed by atoms with van der Waals surface area (Å²) in [7, 11) is 0. The van der Waals surface area contributed by atoms with Gasteiger partial charge in [0.2, 0.25) is 0 Å². The molecule has 0 saturated heterocycles. The van der Waals surface area contributed by atoms with E-state index in [0.29, 0.717) is 0 Å². The van der Waals surface area contributed by atoms with Gasteiger partial charge in [0.1, 0.15) is 5.43 Å². The maximum atomic E-state index is 9.75. The number of hydrogen-bond acceptors (Lipinski definition) is 4. The number of rotatable bonds is 0. The lowest BCUT2D eigenvalue weighted by Gasteiger charge is -2.06. The van der Waals surface area contributed by atoms with Crippen LogP contribution >= 0.6 is 58.0 Å². The third-order valence-corrected chi connectivity index (χ3v) is 0.505. The van der Waals surface area contributed by atoms with E-state index in [-0.39, 0.29) is 0 Å². The van der Waals surface area contributed by atoms with Gasteiger partial charge in [-0.1, -0.05) is 11.6 Å². The first-order valence-electron chi connectivity index (χ1n) is 1.97. The van der Waals surface area contributed by atoms with Gasteiger partial charge in [-0.05, 0) is 34.8 Å². The van der Waals surface area contributed by atoms with E-state index in [9.17, 15) is 4.79 Å². The third kappa shape index (κ3) is 31.5. The molecule has 12 heavy (non-hydrogen) atoms. The highest BCUT2D eigenvalue weighted by Crippen LogP contribution is 2.27. The van der Waals surface area contributed by atoms with Gasteiger partial charge in [-0.15, -0.1) is 0 Å². The molecule has 9 heteroatoms. The molecule has 0 unspecified atom stereocenters. The second kappa shape index (κ2) is 6.86. The Morgan fingerprint density at radius 1 is 1.17 bits per heavy atom. The molecule has 0 radical (unpaired) electrons. The summed E-state index contributed by atoms with van der Waals surface area (Å²) < 4.78 is 1.82. The summed E-state index contributed by atoms with van der Waals surface area (Å²) in [5.41, 5.74) is -2.76. The summed E-state index contributed by atoms with van der Waals surface area (Å²) in [4.78, 5) is 18.4. The minimum atomic E-state index is -2.04. The maximum Gasteiger partial charge on any atom is 0.407 e. The molecule has 4 nitrogen and oxygen atoms in total. The zero-order valence-electron chi connectivity index (χ0n) is 5.02. The van der Waals surface area contributed by atoms with E-state index in [1.165, 1.54) is 0 Å². The van der Waals surface area contributed by atoms with Crippen LogP contribution in [0.1, 0.15) is 0 Å². The van der Waals surface area contributed by atoms with Crippen LogP contribution in [0.25, 0.3) is 0 Å². The summed E-state index contributed by atoms with van der Waals surface area (Å²) in [6.07, 6.45) is 0. The van der Waals surface area contributed by atoms with Crippen LogP contribution in [0.4, 0.5) is 9.59 Å². The van der Waals surface area contributed by atoms with Crippen LogP contribution in [-0.4, -0.2) is 14.8 Å². The smallest absolute Gasteiger partial charge is 0.407 e. The maximum absolute atomic E-state index is 9.75. The van der Waals surface area contributed by atoms with Crippen molar-refractivity contribution in [3.63, 3.8) is 0 Å². The largest absolute Gasteiger partial charge is 0.534 e. The number of carbonyl (C=O) groups excluding carboxylic acids is 2. The lowest BCUT2D eigenvalue weighted by molar-refractivity contribution is -0.233. The Bertz CT molecular complexity index is 159. The number of carboxylic acid groups (broad SMARTS) is 1. The second-order valence-electron chi connectivity index (χ2n) is 1.02. The quantitative estimate of drug-likeness (QED) is 0.503. The molecule has 0 heterocycles. The lowest BCUT2D eigenvalue weighted by Crippen LogP contribution is -2.11. The predicted octanol–water partition coefficient (Wildman–Crippen LogP) is 2.26. The molecule has 0 spiro atoms. The Hall–Kier alpha value is 0.390. The Labute approximate surface area is 92.2 Å². The molecule has 0 aliphatic heterocycles. The first kappa shape index (κ1) is 14.9. The number of carbonyl (C=O) groups is 2. The Morgan fingerprint density at radius 3 is 1.42 bits per heavy atom. The third-order valence-electron chi connectivity index (χ3n) is 0.196. The van der Waals surface area contributed by atoms with Crippen LogP contribution in [0.15, 0.2) is 0 Å². The van der Waals surface area contributed by atoms with Crippen molar-refractivity contribution in [1.82, 2.24) is 0 Å². The molecule has 0 bridgehead atoms. The van der Waals surface area contributed by atoms with E-state index in [1.807, 2.05) is 0 Å². The van der Waals surface area contributed by atoms with Crippen molar-refractivity contribution < 1.29 is 19.4 Å². The van der Waals surface area contributed by atoms with Gasteiger partial charge in [-0.3, -0.25) is 0 Å². The molecule has 0 aromatic heterocycles. The molecular formula is C3Cl5O4-. The normalized spacial score (nSPS) is 9.42. The Balaban J connectivity index is 0. The molecular weight excluding hydrogens is 277 g/mol. The fourth-order valence-corrected chi connectivity index (χ4v) is 0.535. The summed E-state index contributed by atoms with van der Waals surface area (Å²) in [5.74, 6) is 0. The SMILES string of the molecule is O=C(Cl)OC(Cl)(Cl)Cl.O=C([O-])Cl. The molecule has 0 atom stereocenters. The van der Waals surface area contributed by atoms with Gasteiger partial charge in [0.15, 0.2) is 0 Å². The van der Waals surface area contributed by atoms with Crippen molar-refractivity contribution in [1.29, 1.82) is 0 Å². The first-order valence-corrected chi connectivity index (χ1v) is 3.86. The van der Waals surface area contributed by atoms with Crippen molar-refractivity contribution in [2.45, 2.75) is 3.98 Å². The van der Waals surface area contributed by atoms with Gasteiger partial charge in [-0.25, -0.2) is 4.79 Å². The van der Waals surface area contributed by atoms with E-state index < -0.39 is 14.8 Å². The van der Waals surface area contributed by atoms with E-state index in [2.05, 4.69) is 27.9 Å². The minimum absolute atomic E-state index is 1.15. The van der Waals surface area contributed by atoms with Crippen molar-refractivity contribution in [2.24, 2.45) is 0 Å². The van der Waals surface area contributed by atoms with Crippen LogP contribution in [0.2, 0.25) is 0 Å². The van der Waals surface area contributed by atoms with Gasteiger partial charge in [0.05, 0.1) is 0 Å². The van der Waals surface area contributed by atoms with Crippen molar-refractivity contribution in [3.8, 4) is 0 Å². The van der Waals surface area contributed by atoms with Crippen LogP contribution < -0.4 is 5.11 Å². The fraction of sp³-hybridized carbons (Fsp3) is 0.333. The standard InChI is InChI=1S/C2Cl4O2.CHClO2/c3-1(7)8-2(4,5)6;2-1(3)4/h;(H,3,4)/p-1. The molecule has 0 fully saturated rings. The number of hydrogen-bond donors (Lipinski definition) is 0. The molecule has 0 aromatic carbocycles. The van der Waals surface area contributed by atoms with Crippen LogP contribution in [0.5, 0.6) is 0 Å². The molecule has 0 aliphatic rings. The van der Waals surface area contributed by atoms with Crippen molar-refractivity contribution in [2.75, 3.05) is 0 Å². The highest BCUT2D eigenvalue weighted by molar-refractivity contribution is 6.69. The summed E-state index contributed by atoms with van der Waals surface area (Å²) in [6, 6.07) is 0. The molecule has 0 aromatic rings. The minimum Gasteiger partial charge on any atom is -0.534 e. The Morgan fingerprint density at radius 2 is 1.42 bits per heavy atom. The van der Waals surface area contributed by atoms with Crippen LogP contribution in [0, 0.1) is 0 Å². The monoisotopic (exact) mass is 275 g/mol. The van der Waals surface area contributed by atoms with Crippen molar-refractivity contribution in [3.05, 3.63) is 0 Å². The van der Waals surface area contributed by atoms with Crippen molar-refractivity contribution >= 4 is 68.9 Å². The average Bonchev–Trinajstić information content (AvgIpc) is 1.52. The van der Waals surface area contributed by atoms with E-state index in [4.69, 9.17) is 44.7 Å². The van der Waals surface area contributed by atoms with Gasteiger partial charge >= 0.3 is 9.41 Å². The topological polar surface area (TPSA) is 66.4 Å². The number of alkyl halides is 3.